The predicted octanol–water partition coefficient (Wildman–Crippen LogP) is 1.85. The van der Waals surface area contributed by atoms with Crippen LogP contribution in [0.5, 0.6) is 0 Å². The molecule has 0 saturated carbocycles. The van der Waals surface area contributed by atoms with Crippen molar-refractivity contribution in [1.29, 1.82) is 0 Å². The van der Waals surface area contributed by atoms with Crippen molar-refractivity contribution in [2.24, 2.45) is 5.84 Å². The molecule has 1 aromatic carbocycles. The molecule has 0 spiro atoms. The van der Waals surface area contributed by atoms with Gasteiger partial charge in [0.25, 0.3) is 0 Å². The highest BCUT2D eigenvalue weighted by molar-refractivity contribution is 5.96. The van der Waals surface area contributed by atoms with Gasteiger partial charge in [-0.15, -0.1) is 0 Å². The molecule has 0 unspecified atom stereocenters. The van der Waals surface area contributed by atoms with Crippen molar-refractivity contribution in [1.82, 2.24) is 4.98 Å². The van der Waals surface area contributed by atoms with E-state index in [1.165, 1.54) is 5.56 Å². The molecule has 0 radical (unpaired) electrons. The standard InChI is InChI=1S/C15H16N4O/c16-18-12-7-8-17-13(9-12)10-19-14-4-2-1-3-11(14)5-6-15(19)20/h1-4,7-9H,5-6,10,16H2,(H,17,18). The first-order valence-corrected chi connectivity index (χ1v) is 6.58. The summed E-state index contributed by atoms with van der Waals surface area (Å²) >= 11 is 0. The number of anilines is 2. The van der Waals surface area contributed by atoms with Crippen LogP contribution in [0.25, 0.3) is 0 Å². The molecular weight excluding hydrogens is 252 g/mol. The number of rotatable bonds is 3. The number of pyridine rings is 1. The van der Waals surface area contributed by atoms with Crippen LogP contribution in [-0.4, -0.2) is 10.9 Å². The Labute approximate surface area is 117 Å². The molecule has 20 heavy (non-hydrogen) atoms. The molecule has 0 atom stereocenters. The first-order valence-electron chi connectivity index (χ1n) is 6.58. The van der Waals surface area contributed by atoms with Crippen LogP contribution in [0.4, 0.5) is 11.4 Å². The number of amides is 1. The summed E-state index contributed by atoms with van der Waals surface area (Å²) in [5.41, 5.74) is 6.38. The van der Waals surface area contributed by atoms with Crippen LogP contribution in [0, 0.1) is 0 Å². The van der Waals surface area contributed by atoms with E-state index in [9.17, 15) is 4.79 Å². The highest BCUT2D eigenvalue weighted by Gasteiger charge is 2.24. The maximum absolute atomic E-state index is 12.2. The van der Waals surface area contributed by atoms with Crippen molar-refractivity contribution in [3.05, 3.63) is 53.9 Å². The number of benzene rings is 1. The Morgan fingerprint density at radius 2 is 2.10 bits per heavy atom. The lowest BCUT2D eigenvalue weighted by Crippen LogP contribution is -2.34. The van der Waals surface area contributed by atoms with E-state index in [-0.39, 0.29) is 5.91 Å². The molecule has 0 bridgehead atoms. The molecule has 5 heteroatoms. The largest absolute Gasteiger partial charge is 0.324 e. The second-order valence-electron chi connectivity index (χ2n) is 4.79. The number of hydrazine groups is 1. The molecule has 5 nitrogen and oxygen atoms in total. The van der Waals surface area contributed by atoms with E-state index in [0.717, 1.165) is 23.5 Å². The molecule has 0 fully saturated rings. The minimum absolute atomic E-state index is 0.136. The summed E-state index contributed by atoms with van der Waals surface area (Å²) in [4.78, 5) is 18.3. The number of nitrogens with two attached hydrogens (primary N) is 1. The van der Waals surface area contributed by atoms with Gasteiger partial charge < -0.3 is 10.3 Å². The number of aryl methyl sites for hydroxylation is 1. The normalized spacial score (nSPS) is 14.1. The number of nitrogens with zero attached hydrogens (tertiary/aromatic N) is 2. The molecule has 2 heterocycles. The summed E-state index contributed by atoms with van der Waals surface area (Å²) in [5.74, 6) is 5.53. The van der Waals surface area contributed by atoms with E-state index in [1.54, 1.807) is 17.2 Å². The van der Waals surface area contributed by atoms with Gasteiger partial charge in [0.05, 0.1) is 17.9 Å². The average Bonchev–Trinajstić information content (AvgIpc) is 2.50. The third-order valence-corrected chi connectivity index (χ3v) is 3.50. The van der Waals surface area contributed by atoms with Gasteiger partial charge in [-0.05, 0) is 30.2 Å². The topological polar surface area (TPSA) is 71.2 Å². The van der Waals surface area contributed by atoms with Crippen molar-refractivity contribution >= 4 is 17.3 Å². The van der Waals surface area contributed by atoms with E-state index in [4.69, 9.17) is 5.84 Å². The van der Waals surface area contributed by atoms with E-state index >= 15 is 0 Å². The van der Waals surface area contributed by atoms with Gasteiger partial charge in [-0.3, -0.25) is 15.6 Å². The molecule has 1 aliphatic rings. The van der Waals surface area contributed by atoms with E-state index in [2.05, 4.69) is 16.5 Å². The van der Waals surface area contributed by atoms with Crippen LogP contribution >= 0.6 is 0 Å². The van der Waals surface area contributed by atoms with Gasteiger partial charge in [0.2, 0.25) is 5.91 Å². The van der Waals surface area contributed by atoms with E-state index in [0.29, 0.717) is 13.0 Å². The smallest absolute Gasteiger partial charge is 0.227 e. The SMILES string of the molecule is NNc1ccnc(CN2C(=O)CCc3ccccc32)c1. The minimum atomic E-state index is 0.136. The maximum Gasteiger partial charge on any atom is 0.227 e. The molecule has 1 aromatic heterocycles. The Hall–Kier alpha value is -2.40. The zero-order chi connectivity index (χ0) is 13.9. The number of carbonyl (C=O) groups is 1. The van der Waals surface area contributed by atoms with Crippen LogP contribution < -0.4 is 16.2 Å². The summed E-state index contributed by atoms with van der Waals surface area (Å²) in [6, 6.07) is 11.7. The van der Waals surface area contributed by atoms with Crippen LogP contribution in [0.2, 0.25) is 0 Å². The Bertz CT molecular complexity index is 641. The van der Waals surface area contributed by atoms with Crippen LogP contribution in [0.1, 0.15) is 17.7 Å². The van der Waals surface area contributed by atoms with Gasteiger partial charge in [0, 0.05) is 18.3 Å². The van der Waals surface area contributed by atoms with E-state index in [1.807, 2.05) is 24.3 Å². The zero-order valence-corrected chi connectivity index (χ0v) is 11.0. The lowest BCUT2D eigenvalue weighted by atomic mass is 10.0. The zero-order valence-electron chi connectivity index (χ0n) is 11.0. The van der Waals surface area contributed by atoms with Gasteiger partial charge in [-0.25, -0.2) is 0 Å². The van der Waals surface area contributed by atoms with Crippen molar-refractivity contribution < 1.29 is 4.79 Å². The highest BCUT2D eigenvalue weighted by Crippen LogP contribution is 2.28. The third kappa shape index (κ3) is 2.35. The van der Waals surface area contributed by atoms with Crippen LogP contribution in [-0.2, 0) is 17.8 Å². The Morgan fingerprint density at radius 1 is 1.25 bits per heavy atom. The number of para-hydroxylation sites is 1. The third-order valence-electron chi connectivity index (χ3n) is 3.50. The number of hydrogen-bond acceptors (Lipinski definition) is 4. The number of hydrogen-bond donors (Lipinski definition) is 2. The molecule has 2 aromatic rings. The van der Waals surface area contributed by atoms with Gasteiger partial charge in [-0.1, -0.05) is 18.2 Å². The summed E-state index contributed by atoms with van der Waals surface area (Å²) in [6.45, 7) is 0.464. The Morgan fingerprint density at radius 3 is 2.95 bits per heavy atom. The maximum atomic E-state index is 12.2. The Kier molecular flexibility index (Phi) is 3.35. The molecule has 102 valence electrons. The average molecular weight is 268 g/mol. The number of fused-ring (bicyclic) bond motifs is 1. The van der Waals surface area contributed by atoms with Crippen molar-refractivity contribution in [2.45, 2.75) is 19.4 Å². The Balaban J connectivity index is 1.91. The summed E-state index contributed by atoms with van der Waals surface area (Å²) in [6.07, 6.45) is 3.04. The monoisotopic (exact) mass is 268 g/mol. The first kappa shape index (κ1) is 12.6. The fourth-order valence-electron chi connectivity index (χ4n) is 2.49. The van der Waals surface area contributed by atoms with Crippen molar-refractivity contribution in [3.8, 4) is 0 Å². The second-order valence-corrected chi connectivity index (χ2v) is 4.79. The van der Waals surface area contributed by atoms with Gasteiger partial charge in [0.1, 0.15) is 0 Å². The minimum Gasteiger partial charge on any atom is -0.324 e. The van der Waals surface area contributed by atoms with Gasteiger partial charge >= 0.3 is 0 Å². The molecule has 3 rings (SSSR count). The summed E-state index contributed by atoms with van der Waals surface area (Å²) < 4.78 is 0. The summed E-state index contributed by atoms with van der Waals surface area (Å²) in [5, 5.41) is 0. The summed E-state index contributed by atoms with van der Waals surface area (Å²) in [7, 11) is 0. The molecule has 3 N–H and O–H groups in total. The number of aromatic nitrogens is 1. The van der Waals surface area contributed by atoms with Crippen molar-refractivity contribution in [2.75, 3.05) is 10.3 Å². The van der Waals surface area contributed by atoms with Gasteiger partial charge in [-0.2, -0.15) is 0 Å². The van der Waals surface area contributed by atoms with Crippen molar-refractivity contribution in [3.63, 3.8) is 0 Å². The quantitative estimate of drug-likeness (QED) is 0.658. The number of nitrogen functional groups attached to an aromatic ring is 1. The van der Waals surface area contributed by atoms with Crippen LogP contribution in [0.3, 0.4) is 0 Å². The highest BCUT2D eigenvalue weighted by atomic mass is 16.2. The van der Waals surface area contributed by atoms with Crippen LogP contribution in [0.15, 0.2) is 42.6 Å². The molecule has 0 saturated heterocycles. The van der Waals surface area contributed by atoms with E-state index < -0.39 is 0 Å². The predicted molar refractivity (Wildman–Crippen MR) is 78.0 cm³/mol. The number of nitrogens with one attached hydrogen (secondary N) is 1. The molecular formula is C15H16N4O. The lowest BCUT2D eigenvalue weighted by Gasteiger charge is -2.29. The number of carbonyl (C=O) groups excluding carboxylic acids is 1. The fourth-order valence-corrected chi connectivity index (χ4v) is 2.49. The first-order chi connectivity index (χ1) is 9.78. The van der Waals surface area contributed by atoms with Gasteiger partial charge in [0.15, 0.2) is 0 Å². The molecule has 1 amide bonds. The second kappa shape index (κ2) is 5.30. The fraction of sp³-hybridized carbons (Fsp3) is 0.200. The lowest BCUT2D eigenvalue weighted by molar-refractivity contribution is -0.119. The molecule has 1 aliphatic heterocycles. The molecule has 0 aliphatic carbocycles.